The van der Waals surface area contributed by atoms with Crippen molar-refractivity contribution in [2.45, 2.75) is 37.8 Å². The molecule has 27 heavy (non-hydrogen) atoms. The highest BCUT2D eigenvalue weighted by Crippen LogP contribution is 2.11. The number of fused-ring (bicyclic) bond motifs is 2. The summed E-state index contributed by atoms with van der Waals surface area (Å²) in [6.45, 7) is -1.35. The fraction of sp³-hybridized carbons (Fsp3) is 0.667. The molecule has 4 unspecified atom stereocenters. The molecule has 2 heterocycles. The van der Waals surface area contributed by atoms with Crippen LogP contribution in [0.1, 0.15) is 6.42 Å². The lowest BCUT2D eigenvalue weighted by Crippen LogP contribution is -2.53. The highest BCUT2D eigenvalue weighted by molar-refractivity contribution is 7.84. The van der Waals surface area contributed by atoms with E-state index < -0.39 is 58.6 Å². The molecule has 4 atom stereocenters. The normalized spacial score (nSPS) is 23.6. The van der Waals surface area contributed by atoms with Crippen molar-refractivity contribution in [3.63, 3.8) is 0 Å². The Balaban J connectivity index is 2.37. The first-order valence-corrected chi connectivity index (χ1v) is 9.95. The Kier molecular flexibility index (Phi) is 7.03. The number of hydrogen-bond donors (Lipinski definition) is 3. The molecule has 0 fully saturated rings. The van der Waals surface area contributed by atoms with Gasteiger partial charge in [-0.15, -0.1) is 0 Å². The van der Waals surface area contributed by atoms with E-state index in [-0.39, 0.29) is 31.8 Å². The first-order chi connectivity index (χ1) is 12.6. The van der Waals surface area contributed by atoms with E-state index in [1.165, 1.54) is 11.2 Å². The van der Waals surface area contributed by atoms with Crippen molar-refractivity contribution < 1.29 is 28.7 Å². The topological polar surface area (TPSA) is 142 Å². The predicted octanol–water partition coefficient (Wildman–Crippen LogP) is -2.59. The second kappa shape index (κ2) is 8.87. The van der Waals surface area contributed by atoms with Gasteiger partial charge in [0.25, 0.3) is 5.56 Å². The van der Waals surface area contributed by atoms with Crippen LogP contribution in [0.3, 0.4) is 0 Å². The van der Waals surface area contributed by atoms with Gasteiger partial charge in [0.1, 0.15) is 6.04 Å². The molecule has 0 amide bonds. The molecule has 152 valence electrons. The first-order valence-electron chi connectivity index (χ1n) is 8.23. The van der Waals surface area contributed by atoms with Crippen molar-refractivity contribution in [1.29, 1.82) is 0 Å². The molecule has 3 N–H and O–H groups in total. The number of aliphatic hydroxyl groups excluding tert-OH is 2. The van der Waals surface area contributed by atoms with Crippen LogP contribution in [-0.2, 0) is 28.7 Å². The van der Waals surface area contributed by atoms with Crippen LogP contribution in [0, 0.1) is 5.82 Å². The minimum atomic E-state index is -1.36. The number of nitrogens with zero attached hydrogens (tertiary/aromatic N) is 3. The summed E-state index contributed by atoms with van der Waals surface area (Å²) in [7, 11) is -1.23. The van der Waals surface area contributed by atoms with E-state index in [0.29, 0.717) is 10.8 Å². The molecule has 0 aromatic carbocycles. The van der Waals surface area contributed by atoms with Crippen molar-refractivity contribution >= 4 is 16.8 Å². The zero-order valence-corrected chi connectivity index (χ0v) is 15.5. The molecule has 0 saturated heterocycles. The Bertz CT molecular complexity index is 840. The molecule has 0 spiro atoms. The molecule has 12 heteroatoms. The highest BCUT2D eigenvalue weighted by Gasteiger charge is 2.31. The third-order valence-electron chi connectivity index (χ3n) is 4.29. The van der Waals surface area contributed by atoms with Gasteiger partial charge >= 0.3 is 11.7 Å². The number of rotatable bonds is 5. The van der Waals surface area contributed by atoms with Crippen molar-refractivity contribution in [2.24, 2.45) is 0 Å². The second-order valence-corrected chi connectivity index (χ2v) is 8.06. The van der Waals surface area contributed by atoms with Gasteiger partial charge in [-0.2, -0.15) is 4.39 Å². The molecule has 0 radical (unpaired) electrons. The molecule has 10 nitrogen and oxygen atoms in total. The van der Waals surface area contributed by atoms with Gasteiger partial charge < -0.3 is 15.3 Å². The van der Waals surface area contributed by atoms with Crippen LogP contribution >= 0.6 is 0 Å². The van der Waals surface area contributed by atoms with Crippen LogP contribution in [0.5, 0.6) is 0 Å². The van der Waals surface area contributed by atoms with E-state index in [2.05, 4.69) is 0 Å². The number of carboxylic acids is 1. The van der Waals surface area contributed by atoms with Gasteiger partial charge in [0.2, 0.25) is 5.82 Å². The number of β-amino-alcohol motifs (C(OH)–C–C–N with tert-alkyl or cyclic N) is 2. The van der Waals surface area contributed by atoms with Gasteiger partial charge in [-0.1, -0.05) is 0 Å². The summed E-state index contributed by atoms with van der Waals surface area (Å²) in [6, 6.07) is -1.12. The Morgan fingerprint density at radius 2 is 1.85 bits per heavy atom. The molecule has 2 rings (SSSR count). The third-order valence-corrected chi connectivity index (χ3v) is 5.10. The molecular formula is C15H22FN3O7S. The summed E-state index contributed by atoms with van der Waals surface area (Å²) in [4.78, 5) is 37.0. The van der Waals surface area contributed by atoms with E-state index in [1.807, 2.05) is 0 Å². The minimum absolute atomic E-state index is 0.0255. The number of aromatic nitrogens is 2. The zero-order chi connectivity index (χ0) is 20.3. The molecule has 1 aliphatic rings. The minimum Gasteiger partial charge on any atom is -0.480 e. The van der Waals surface area contributed by atoms with Gasteiger partial charge in [0, 0.05) is 35.9 Å². The van der Waals surface area contributed by atoms with Crippen molar-refractivity contribution in [1.82, 2.24) is 14.0 Å². The van der Waals surface area contributed by atoms with Gasteiger partial charge in [-0.3, -0.25) is 27.8 Å². The monoisotopic (exact) mass is 407 g/mol. The quantitative estimate of drug-likeness (QED) is 0.483. The summed E-state index contributed by atoms with van der Waals surface area (Å²) in [5, 5.41) is 30.0. The Hall–Kier alpha value is -1.89. The van der Waals surface area contributed by atoms with Crippen LogP contribution < -0.4 is 11.2 Å². The summed E-state index contributed by atoms with van der Waals surface area (Å²) in [5.41, 5.74) is -2.07. The van der Waals surface area contributed by atoms with Crippen LogP contribution in [0.25, 0.3) is 0 Å². The standard InChI is InChI=1S/C15H22FN3O7S/c1-27(26)3-2-12(14(23)24)17-4-9(20)6-18-8-11(16)13(22)19(15(18)25)7-10(21)5-17/h8-10,12,20-21H,2-7H2,1H3,(H,23,24). The SMILES string of the molecule is CS(=O)CCC(C(=O)O)N1CC(O)Cn2cc(F)c(=O)n(c2=O)CC(O)C1. The van der Waals surface area contributed by atoms with E-state index >= 15 is 0 Å². The maximum absolute atomic E-state index is 13.8. The lowest BCUT2D eigenvalue weighted by molar-refractivity contribution is -0.144. The number of carboxylic acid groups (broad SMARTS) is 1. The number of halogens is 1. The fourth-order valence-corrected chi connectivity index (χ4v) is 3.63. The fourth-order valence-electron chi connectivity index (χ4n) is 3.07. The Labute approximate surface area is 155 Å². The summed E-state index contributed by atoms with van der Waals surface area (Å²) >= 11 is 0. The summed E-state index contributed by atoms with van der Waals surface area (Å²) in [6.07, 6.45) is -0.474. The molecule has 2 bridgehead atoms. The van der Waals surface area contributed by atoms with Crippen LogP contribution in [0.4, 0.5) is 4.39 Å². The number of carbonyl (C=O) groups is 1. The van der Waals surface area contributed by atoms with Crippen LogP contribution in [0.2, 0.25) is 0 Å². The smallest absolute Gasteiger partial charge is 0.331 e. The maximum atomic E-state index is 13.8. The van der Waals surface area contributed by atoms with Crippen molar-refractivity contribution in [3.05, 3.63) is 32.9 Å². The number of aliphatic carboxylic acids is 1. The molecular weight excluding hydrogens is 385 g/mol. The Morgan fingerprint density at radius 1 is 1.26 bits per heavy atom. The second-order valence-electron chi connectivity index (χ2n) is 6.51. The van der Waals surface area contributed by atoms with Gasteiger partial charge in [0.05, 0.1) is 31.5 Å². The van der Waals surface area contributed by atoms with Gasteiger partial charge in [0.15, 0.2) is 0 Å². The summed E-state index contributed by atoms with van der Waals surface area (Å²) in [5.74, 6) is -2.29. The van der Waals surface area contributed by atoms with Gasteiger partial charge in [-0.05, 0) is 6.42 Å². The van der Waals surface area contributed by atoms with Gasteiger partial charge in [-0.25, -0.2) is 4.79 Å². The Morgan fingerprint density at radius 3 is 2.41 bits per heavy atom. The average molecular weight is 407 g/mol. The molecule has 1 aromatic rings. The highest BCUT2D eigenvalue weighted by atomic mass is 32.2. The average Bonchev–Trinajstić information content (AvgIpc) is 2.55. The van der Waals surface area contributed by atoms with E-state index in [0.717, 1.165) is 4.57 Å². The van der Waals surface area contributed by atoms with E-state index in [1.54, 1.807) is 0 Å². The molecule has 0 saturated carbocycles. The van der Waals surface area contributed by atoms with E-state index in [4.69, 9.17) is 0 Å². The van der Waals surface area contributed by atoms with E-state index in [9.17, 15) is 38.3 Å². The van der Waals surface area contributed by atoms with Crippen LogP contribution in [0.15, 0.2) is 15.8 Å². The molecule has 0 aliphatic carbocycles. The number of aliphatic hydroxyl groups is 2. The van der Waals surface area contributed by atoms with Crippen molar-refractivity contribution in [2.75, 3.05) is 25.1 Å². The predicted molar refractivity (Wildman–Crippen MR) is 93.5 cm³/mol. The zero-order valence-electron chi connectivity index (χ0n) is 14.7. The lowest BCUT2D eigenvalue weighted by atomic mass is 10.1. The molecule has 1 aliphatic heterocycles. The lowest BCUT2D eigenvalue weighted by Gasteiger charge is -2.33. The summed E-state index contributed by atoms with van der Waals surface area (Å²) < 4.78 is 26.4. The maximum Gasteiger partial charge on any atom is 0.331 e. The third kappa shape index (κ3) is 5.31. The largest absolute Gasteiger partial charge is 0.480 e. The first kappa shape index (κ1) is 21.4. The number of hydrogen-bond acceptors (Lipinski definition) is 7. The van der Waals surface area contributed by atoms with Crippen molar-refractivity contribution in [3.8, 4) is 0 Å². The molecule has 1 aromatic heterocycles. The van der Waals surface area contributed by atoms with Crippen LogP contribution in [-0.4, -0.2) is 82.9 Å².